The van der Waals surface area contributed by atoms with Crippen molar-refractivity contribution in [2.75, 3.05) is 13.2 Å². The predicted molar refractivity (Wildman–Crippen MR) is 97.1 cm³/mol. The molecule has 2 aromatic rings. The van der Waals surface area contributed by atoms with Crippen molar-refractivity contribution in [3.63, 3.8) is 0 Å². The molecular weight excluding hydrogens is 334 g/mol. The molecule has 0 spiro atoms. The molecule has 0 saturated carbocycles. The number of benzene rings is 1. The van der Waals surface area contributed by atoms with Gasteiger partial charge in [0.05, 0.1) is 17.9 Å². The molecule has 1 aromatic carbocycles. The summed E-state index contributed by atoms with van der Waals surface area (Å²) in [6.45, 7) is 7.05. The van der Waals surface area contributed by atoms with Gasteiger partial charge in [-0.2, -0.15) is 0 Å². The number of Topliss-reactive ketones (excluding diaryl/α,β-unsaturated/α-hetero) is 2. The van der Waals surface area contributed by atoms with Crippen LogP contribution >= 0.6 is 0 Å². The molecule has 6 heteroatoms. The van der Waals surface area contributed by atoms with Gasteiger partial charge in [0, 0.05) is 17.7 Å². The van der Waals surface area contributed by atoms with Gasteiger partial charge in [0.1, 0.15) is 5.75 Å². The van der Waals surface area contributed by atoms with Gasteiger partial charge in [0.25, 0.3) is 0 Å². The van der Waals surface area contributed by atoms with Crippen molar-refractivity contribution in [3.05, 3.63) is 52.3 Å². The molecule has 0 unspecified atom stereocenters. The summed E-state index contributed by atoms with van der Waals surface area (Å²) < 4.78 is 10.5. The number of carbonyl (C=O) groups is 3. The lowest BCUT2D eigenvalue weighted by atomic mass is 10.1. The van der Waals surface area contributed by atoms with Gasteiger partial charge in [-0.15, -0.1) is 0 Å². The second-order valence-electron chi connectivity index (χ2n) is 5.86. The Balaban J connectivity index is 2.07. The number of hydrogen-bond acceptors (Lipinski definition) is 5. The fraction of sp³-hybridized carbons (Fsp3) is 0.350. The molecule has 6 nitrogen and oxygen atoms in total. The number of aromatic nitrogens is 1. The van der Waals surface area contributed by atoms with Crippen LogP contribution in [0.4, 0.5) is 0 Å². The summed E-state index contributed by atoms with van der Waals surface area (Å²) in [4.78, 5) is 39.0. The van der Waals surface area contributed by atoms with E-state index in [9.17, 15) is 14.4 Å². The molecule has 1 aromatic heterocycles. The predicted octanol–water partition coefficient (Wildman–Crippen LogP) is 3.66. The van der Waals surface area contributed by atoms with Gasteiger partial charge < -0.3 is 14.5 Å². The highest BCUT2D eigenvalue weighted by molar-refractivity contribution is 6.02. The highest BCUT2D eigenvalue weighted by Crippen LogP contribution is 2.20. The van der Waals surface area contributed by atoms with E-state index in [1.165, 1.54) is 0 Å². The third-order valence-electron chi connectivity index (χ3n) is 4.06. The van der Waals surface area contributed by atoms with Gasteiger partial charge in [0.15, 0.2) is 12.4 Å². The maximum absolute atomic E-state index is 12.4. The number of aryl methyl sites for hydroxylation is 1. The van der Waals surface area contributed by atoms with Crippen LogP contribution in [0.5, 0.6) is 5.75 Å². The Morgan fingerprint density at radius 3 is 2.23 bits per heavy atom. The van der Waals surface area contributed by atoms with E-state index in [0.717, 1.165) is 0 Å². The quantitative estimate of drug-likeness (QED) is 0.575. The maximum atomic E-state index is 12.4. The van der Waals surface area contributed by atoms with Crippen molar-refractivity contribution in [2.45, 2.75) is 34.1 Å². The number of hydrogen-bond donors (Lipinski definition) is 1. The van der Waals surface area contributed by atoms with E-state index < -0.39 is 5.97 Å². The van der Waals surface area contributed by atoms with E-state index in [4.69, 9.17) is 9.47 Å². The summed E-state index contributed by atoms with van der Waals surface area (Å²) in [5, 5.41) is 0. The summed E-state index contributed by atoms with van der Waals surface area (Å²) in [7, 11) is 0. The standard InChI is InChI=1S/C20H23NO5/c1-5-16(22)14-7-9-15(10-8-14)26-11-17(23)19-12(3)18(13(4)21-19)20(24)25-6-2/h7-10,21H,5-6,11H2,1-4H3. The van der Waals surface area contributed by atoms with Gasteiger partial charge >= 0.3 is 5.97 Å². The lowest BCUT2D eigenvalue weighted by Gasteiger charge is -2.06. The Labute approximate surface area is 152 Å². The van der Waals surface area contributed by atoms with Crippen LogP contribution in [0.25, 0.3) is 0 Å². The Morgan fingerprint density at radius 2 is 1.65 bits per heavy atom. The SMILES string of the molecule is CCOC(=O)c1c(C)[nH]c(C(=O)COc2ccc(C(=O)CC)cc2)c1C. The van der Waals surface area contributed by atoms with E-state index in [1.54, 1.807) is 52.0 Å². The number of esters is 1. The van der Waals surface area contributed by atoms with Gasteiger partial charge in [-0.25, -0.2) is 4.79 Å². The van der Waals surface area contributed by atoms with Gasteiger partial charge in [-0.05, 0) is 50.6 Å². The number of rotatable bonds is 8. The minimum absolute atomic E-state index is 0.0524. The second-order valence-corrected chi connectivity index (χ2v) is 5.86. The van der Waals surface area contributed by atoms with E-state index in [2.05, 4.69) is 4.98 Å². The summed E-state index contributed by atoms with van der Waals surface area (Å²) in [6, 6.07) is 6.67. The molecule has 0 amide bonds. The zero-order valence-electron chi connectivity index (χ0n) is 15.5. The molecule has 2 rings (SSSR count). The molecule has 0 atom stereocenters. The number of ether oxygens (including phenoxy) is 2. The Hall–Kier alpha value is -2.89. The van der Waals surface area contributed by atoms with Crippen molar-refractivity contribution >= 4 is 17.5 Å². The van der Waals surface area contributed by atoms with Gasteiger partial charge in [0.2, 0.25) is 5.78 Å². The average Bonchev–Trinajstić information content (AvgIpc) is 2.94. The van der Waals surface area contributed by atoms with Crippen LogP contribution in [0.2, 0.25) is 0 Å². The first kappa shape index (κ1) is 19.4. The van der Waals surface area contributed by atoms with Crippen LogP contribution in [-0.4, -0.2) is 35.7 Å². The zero-order valence-corrected chi connectivity index (χ0v) is 15.5. The lowest BCUT2D eigenvalue weighted by Crippen LogP contribution is -2.14. The van der Waals surface area contributed by atoms with Crippen molar-refractivity contribution in [1.82, 2.24) is 4.98 Å². The van der Waals surface area contributed by atoms with E-state index in [-0.39, 0.29) is 24.8 Å². The molecule has 0 fully saturated rings. The number of nitrogens with one attached hydrogen (secondary N) is 1. The molecular formula is C20H23NO5. The molecule has 0 radical (unpaired) electrons. The van der Waals surface area contributed by atoms with Crippen molar-refractivity contribution in [2.24, 2.45) is 0 Å². The zero-order chi connectivity index (χ0) is 19.3. The second kappa shape index (κ2) is 8.47. The van der Waals surface area contributed by atoms with Crippen LogP contribution in [-0.2, 0) is 4.74 Å². The van der Waals surface area contributed by atoms with Gasteiger partial charge in [-0.1, -0.05) is 6.92 Å². The first-order chi connectivity index (χ1) is 12.4. The van der Waals surface area contributed by atoms with E-state index in [0.29, 0.717) is 40.2 Å². The Kier molecular flexibility index (Phi) is 6.33. The first-order valence-electron chi connectivity index (χ1n) is 8.54. The molecule has 1 N–H and O–H groups in total. The third-order valence-corrected chi connectivity index (χ3v) is 4.06. The fourth-order valence-corrected chi connectivity index (χ4v) is 2.70. The normalized spacial score (nSPS) is 10.5. The summed E-state index contributed by atoms with van der Waals surface area (Å²) in [5.74, 6) is -0.168. The Morgan fingerprint density at radius 1 is 1.00 bits per heavy atom. The van der Waals surface area contributed by atoms with Crippen molar-refractivity contribution in [3.8, 4) is 5.75 Å². The minimum atomic E-state index is -0.449. The van der Waals surface area contributed by atoms with Crippen LogP contribution in [0.1, 0.15) is 62.7 Å². The highest BCUT2D eigenvalue weighted by atomic mass is 16.5. The van der Waals surface area contributed by atoms with Crippen LogP contribution < -0.4 is 4.74 Å². The van der Waals surface area contributed by atoms with Crippen molar-refractivity contribution < 1.29 is 23.9 Å². The highest BCUT2D eigenvalue weighted by Gasteiger charge is 2.23. The van der Waals surface area contributed by atoms with E-state index >= 15 is 0 Å². The average molecular weight is 357 g/mol. The maximum Gasteiger partial charge on any atom is 0.340 e. The molecule has 138 valence electrons. The van der Waals surface area contributed by atoms with E-state index in [1.807, 2.05) is 0 Å². The molecule has 1 heterocycles. The number of carbonyl (C=O) groups excluding carboxylic acids is 3. The first-order valence-corrected chi connectivity index (χ1v) is 8.54. The number of aromatic amines is 1. The summed E-state index contributed by atoms with van der Waals surface area (Å²) in [6.07, 6.45) is 0.437. The molecule has 0 saturated heterocycles. The van der Waals surface area contributed by atoms with Gasteiger partial charge in [-0.3, -0.25) is 9.59 Å². The largest absolute Gasteiger partial charge is 0.485 e. The molecule has 26 heavy (non-hydrogen) atoms. The minimum Gasteiger partial charge on any atom is -0.485 e. The van der Waals surface area contributed by atoms with Crippen LogP contribution in [0.15, 0.2) is 24.3 Å². The van der Waals surface area contributed by atoms with Crippen LogP contribution in [0.3, 0.4) is 0 Å². The summed E-state index contributed by atoms with van der Waals surface area (Å²) >= 11 is 0. The summed E-state index contributed by atoms with van der Waals surface area (Å²) in [5.41, 5.74) is 2.48. The third kappa shape index (κ3) is 4.20. The lowest BCUT2D eigenvalue weighted by molar-refractivity contribution is 0.0525. The Bertz CT molecular complexity index is 817. The smallest absolute Gasteiger partial charge is 0.340 e. The number of ketones is 2. The fourth-order valence-electron chi connectivity index (χ4n) is 2.70. The molecule has 0 aliphatic heterocycles. The number of H-pyrrole nitrogens is 1. The van der Waals surface area contributed by atoms with Crippen molar-refractivity contribution in [1.29, 1.82) is 0 Å². The molecule has 0 bridgehead atoms. The topological polar surface area (TPSA) is 85.5 Å². The van der Waals surface area contributed by atoms with Crippen LogP contribution in [0, 0.1) is 13.8 Å². The molecule has 0 aliphatic rings. The monoisotopic (exact) mass is 357 g/mol. The molecule has 0 aliphatic carbocycles.